The molecular weight excluding hydrogens is 348 g/mol. The first-order chi connectivity index (χ1) is 12.2. The van der Waals surface area contributed by atoms with E-state index in [0.29, 0.717) is 13.0 Å². The number of likely N-dealkylation sites (tertiary alicyclic amines) is 1. The minimum Gasteiger partial charge on any atom is -0.351 e. The van der Waals surface area contributed by atoms with E-state index in [1.165, 1.54) is 0 Å². The number of nitrogens with one attached hydrogen (secondary N) is 1. The number of carbonyl (C=O) groups is 2. The molecule has 0 aromatic heterocycles. The van der Waals surface area contributed by atoms with Crippen molar-refractivity contribution >= 4 is 23.4 Å². The molecule has 2 rings (SSSR count). The molecule has 26 heavy (non-hydrogen) atoms. The van der Waals surface area contributed by atoms with Crippen molar-refractivity contribution in [2.24, 2.45) is 11.8 Å². The van der Waals surface area contributed by atoms with Crippen LogP contribution < -0.4 is 5.32 Å². The zero-order chi connectivity index (χ0) is 19.3. The van der Waals surface area contributed by atoms with Crippen molar-refractivity contribution in [1.82, 2.24) is 10.2 Å². The van der Waals surface area contributed by atoms with Crippen molar-refractivity contribution in [2.75, 3.05) is 13.1 Å². The van der Waals surface area contributed by atoms with Gasteiger partial charge in [-0.05, 0) is 51.2 Å². The number of halogens is 1. The van der Waals surface area contributed by atoms with Crippen LogP contribution in [0.4, 0.5) is 0 Å². The van der Waals surface area contributed by atoms with Crippen molar-refractivity contribution in [3.63, 3.8) is 0 Å². The molecule has 1 aliphatic heterocycles. The van der Waals surface area contributed by atoms with Crippen LogP contribution in [0.25, 0.3) is 0 Å². The van der Waals surface area contributed by atoms with Gasteiger partial charge < -0.3 is 10.2 Å². The summed E-state index contributed by atoms with van der Waals surface area (Å²) >= 11 is 6.26. The Kier molecular flexibility index (Phi) is 7.10. The summed E-state index contributed by atoms with van der Waals surface area (Å²) in [5.74, 6) is 0.0831. The fourth-order valence-corrected chi connectivity index (χ4v) is 3.68. The lowest BCUT2D eigenvalue weighted by molar-refractivity contribution is -0.139. The summed E-state index contributed by atoms with van der Waals surface area (Å²) in [6.07, 6.45) is 3.21. The summed E-state index contributed by atoms with van der Waals surface area (Å²) in [5, 5.41) is 3.89. The smallest absolute Gasteiger partial charge is 0.225 e. The zero-order valence-electron chi connectivity index (χ0n) is 16.3. The molecule has 2 unspecified atom stereocenters. The second kappa shape index (κ2) is 8.90. The summed E-state index contributed by atoms with van der Waals surface area (Å²) in [6.45, 7) is 9.29. The van der Waals surface area contributed by atoms with Gasteiger partial charge in [0.2, 0.25) is 11.8 Å². The molecule has 1 fully saturated rings. The van der Waals surface area contributed by atoms with Gasteiger partial charge in [0.05, 0.1) is 5.92 Å². The monoisotopic (exact) mass is 378 g/mol. The topological polar surface area (TPSA) is 49.4 Å². The van der Waals surface area contributed by atoms with Crippen LogP contribution in [-0.2, 0) is 16.0 Å². The highest BCUT2D eigenvalue weighted by Gasteiger charge is 2.32. The normalized spacial score (nSPS) is 19.1. The number of nitrogens with zero attached hydrogens (tertiary/aromatic N) is 1. The van der Waals surface area contributed by atoms with E-state index in [2.05, 4.69) is 5.32 Å². The molecule has 144 valence electrons. The van der Waals surface area contributed by atoms with E-state index in [4.69, 9.17) is 11.6 Å². The van der Waals surface area contributed by atoms with Gasteiger partial charge in [-0.25, -0.2) is 0 Å². The van der Waals surface area contributed by atoms with Crippen LogP contribution in [0.2, 0.25) is 5.02 Å². The number of piperidine rings is 1. The van der Waals surface area contributed by atoms with Crippen LogP contribution in [0.1, 0.15) is 52.5 Å². The second-order valence-electron chi connectivity index (χ2n) is 8.07. The predicted molar refractivity (Wildman–Crippen MR) is 106 cm³/mol. The number of hydrogen-bond acceptors (Lipinski definition) is 2. The fourth-order valence-electron chi connectivity index (χ4n) is 3.48. The molecule has 0 spiro atoms. The van der Waals surface area contributed by atoms with Crippen molar-refractivity contribution in [2.45, 2.75) is 58.9 Å². The molecule has 2 atom stereocenters. The Morgan fingerprint density at radius 3 is 2.69 bits per heavy atom. The highest BCUT2D eigenvalue weighted by molar-refractivity contribution is 6.31. The first-order valence-corrected chi connectivity index (χ1v) is 9.95. The zero-order valence-corrected chi connectivity index (χ0v) is 17.1. The SMILES string of the molecule is CCC(C)C(=O)N1CCCC(C(=O)NC(C)(C)Cc2ccccc2Cl)C1. The number of amides is 2. The molecule has 1 aromatic carbocycles. The van der Waals surface area contributed by atoms with Crippen molar-refractivity contribution in [3.8, 4) is 0 Å². The fraction of sp³-hybridized carbons (Fsp3) is 0.619. The number of carbonyl (C=O) groups excluding carboxylic acids is 2. The quantitative estimate of drug-likeness (QED) is 0.811. The first-order valence-electron chi connectivity index (χ1n) is 9.57. The predicted octanol–water partition coefficient (Wildman–Crippen LogP) is 4.06. The average molecular weight is 379 g/mol. The van der Waals surface area contributed by atoms with Gasteiger partial charge in [-0.1, -0.05) is 43.6 Å². The van der Waals surface area contributed by atoms with Gasteiger partial charge >= 0.3 is 0 Å². The van der Waals surface area contributed by atoms with E-state index < -0.39 is 5.54 Å². The number of hydrogen-bond donors (Lipinski definition) is 1. The van der Waals surface area contributed by atoms with Crippen LogP contribution >= 0.6 is 11.6 Å². The lowest BCUT2D eigenvalue weighted by Gasteiger charge is -2.36. The Hall–Kier alpha value is -1.55. The molecule has 1 heterocycles. The third-order valence-electron chi connectivity index (χ3n) is 5.19. The van der Waals surface area contributed by atoms with Gasteiger partial charge in [0.15, 0.2) is 0 Å². The summed E-state index contributed by atoms with van der Waals surface area (Å²) in [4.78, 5) is 27.1. The van der Waals surface area contributed by atoms with Crippen LogP contribution in [0, 0.1) is 11.8 Å². The lowest BCUT2D eigenvalue weighted by atomic mass is 9.91. The third kappa shape index (κ3) is 5.47. The third-order valence-corrected chi connectivity index (χ3v) is 5.56. The standard InChI is InChI=1S/C21H31ClN2O2/c1-5-15(2)20(26)24-12-8-10-17(14-24)19(25)23-21(3,4)13-16-9-6-7-11-18(16)22/h6-7,9,11,15,17H,5,8,10,12-14H2,1-4H3,(H,23,25). The van der Waals surface area contributed by atoms with Gasteiger partial charge in [0.1, 0.15) is 0 Å². The minimum absolute atomic E-state index is 0.0217. The molecule has 1 aliphatic rings. The van der Waals surface area contributed by atoms with Crippen LogP contribution in [-0.4, -0.2) is 35.3 Å². The van der Waals surface area contributed by atoms with Crippen LogP contribution in [0.5, 0.6) is 0 Å². The molecule has 4 nitrogen and oxygen atoms in total. The molecule has 5 heteroatoms. The van der Waals surface area contributed by atoms with E-state index in [1.54, 1.807) is 0 Å². The van der Waals surface area contributed by atoms with Crippen LogP contribution in [0.15, 0.2) is 24.3 Å². The van der Waals surface area contributed by atoms with Gasteiger partial charge in [0.25, 0.3) is 0 Å². The van der Waals surface area contributed by atoms with E-state index in [-0.39, 0.29) is 23.7 Å². The second-order valence-corrected chi connectivity index (χ2v) is 8.48. The maximum absolute atomic E-state index is 12.8. The lowest BCUT2D eigenvalue weighted by Crippen LogP contribution is -2.52. The number of rotatable bonds is 6. The van der Waals surface area contributed by atoms with Gasteiger partial charge in [-0.15, -0.1) is 0 Å². The molecule has 1 aromatic rings. The highest BCUT2D eigenvalue weighted by Crippen LogP contribution is 2.23. The van der Waals surface area contributed by atoms with Gasteiger partial charge in [-0.3, -0.25) is 9.59 Å². The molecule has 2 amide bonds. The molecule has 1 saturated heterocycles. The maximum Gasteiger partial charge on any atom is 0.225 e. The van der Waals surface area contributed by atoms with E-state index in [0.717, 1.165) is 36.4 Å². The summed E-state index contributed by atoms with van der Waals surface area (Å²) in [6, 6.07) is 7.72. The Bertz CT molecular complexity index is 645. The van der Waals surface area contributed by atoms with Crippen molar-refractivity contribution in [1.29, 1.82) is 0 Å². The van der Waals surface area contributed by atoms with Gasteiger partial charge in [-0.2, -0.15) is 0 Å². The minimum atomic E-state index is -0.398. The largest absolute Gasteiger partial charge is 0.351 e. The molecular formula is C21H31ClN2O2. The summed E-state index contributed by atoms with van der Waals surface area (Å²) < 4.78 is 0. The van der Waals surface area contributed by atoms with Crippen molar-refractivity contribution < 1.29 is 9.59 Å². The van der Waals surface area contributed by atoms with Crippen molar-refractivity contribution in [3.05, 3.63) is 34.9 Å². The van der Waals surface area contributed by atoms with Gasteiger partial charge in [0, 0.05) is 29.6 Å². The Labute approximate surface area is 162 Å². The Morgan fingerprint density at radius 2 is 2.04 bits per heavy atom. The first kappa shape index (κ1) is 20.8. The molecule has 0 bridgehead atoms. The Balaban J connectivity index is 1.97. The Morgan fingerprint density at radius 1 is 1.35 bits per heavy atom. The number of benzene rings is 1. The average Bonchev–Trinajstić information content (AvgIpc) is 2.62. The highest BCUT2D eigenvalue weighted by atomic mass is 35.5. The molecule has 0 saturated carbocycles. The van der Waals surface area contributed by atoms with E-state index in [9.17, 15) is 9.59 Å². The summed E-state index contributed by atoms with van der Waals surface area (Å²) in [5.41, 5.74) is 0.627. The van der Waals surface area contributed by atoms with Crippen LogP contribution in [0.3, 0.4) is 0 Å². The summed E-state index contributed by atoms with van der Waals surface area (Å²) in [7, 11) is 0. The van der Waals surface area contributed by atoms with E-state index in [1.807, 2.05) is 56.9 Å². The maximum atomic E-state index is 12.8. The molecule has 0 radical (unpaired) electrons. The molecule has 1 N–H and O–H groups in total. The van der Waals surface area contributed by atoms with E-state index >= 15 is 0 Å². The molecule has 0 aliphatic carbocycles.